The molecule has 0 spiro atoms. The van der Waals surface area contributed by atoms with E-state index >= 15 is 0 Å². The fourth-order valence-corrected chi connectivity index (χ4v) is 3.43. The van der Waals surface area contributed by atoms with Crippen LogP contribution in [-0.2, 0) is 16.0 Å². The third-order valence-corrected chi connectivity index (χ3v) is 4.89. The second-order valence-corrected chi connectivity index (χ2v) is 6.78. The number of benzene rings is 1. The lowest BCUT2D eigenvalue weighted by Gasteiger charge is -2.24. The molecule has 1 saturated heterocycles. The van der Waals surface area contributed by atoms with Crippen LogP contribution in [0, 0.1) is 0 Å². The number of aromatic nitrogens is 1. The van der Waals surface area contributed by atoms with Crippen molar-refractivity contribution < 1.29 is 9.59 Å². The van der Waals surface area contributed by atoms with E-state index in [4.69, 9.17) is 5.73 Å². The quantitative estimate of drug-likeness (QED) is 0.777. The van der Waals surface area contributed by atoms with Gasteiger partial charge in [0.2, 0.25) is 5.91 Å². The van der Waals surface area contributed by atoms with Crippen LogP contribution in [-0.4, -0.2) is 28.1 Å². The summed E-state index contributed by atoms with van der Waals surface area (Å²) >= 11 is 0. The van der Waals surface area contributed by atoms with Crippen molar-refractivity contribution in [3.63, 3.8) is 0 Å². The molecule has 1 aromatic carbocycles. The molecular formula is C21H25N3O2. The zero-order valence-corrected chi connectivity index (χ0v) is 14.9. The molecule has 1 aliphatic rings. The maximum Gasteiger partial charge on any atom is 0.223 e. The Labute approximate surface area is 154 Å². The summed E-state index contributed by atoms with van der Waals surface area (Å²) in [7, 11) is 0. The molecule has 2 heterocycles. The molecular weight excluding hydrogens is 326 g/mol. The Balaban J connectivity index is 1.47. The first-order valence-electron chi connectivity index (χ1n) is 9.20. The lowest BCUT2D eigenvalue weighted by molar-refractivity contribution is -0.134. The number of amides is 1. The molecule has 136 valence electrons. The van der Waals surface area contributed by atoms with Crippen LogP contribution in [0.25, 0.3) is 0 Å². The highest BCUT2D eigenvalue weighted by atomic mass is 16.2. The van der Waals surface area contributed by atoms with E-state index < -0.39 is 0 Å². The molecule has 5 heteroatoms. The maximum absolute atomic E-state index is 12.6. The molecule has 1 atom stereocenters. The average molecular weight is 351 g/mol. The zero-order valence-electron chi connectivity index (χ0n) is 14.9. The molecule has 1 unspecified atom stereocenters. The van der Waals surface area contributed by atoms with E-state index in [1.807, 2.05) is 47.4 Å². The van der Waals surface area contributed by atoms with Gasteiger partial charge in [-0.25, -0.2) is 0 Å². The normalized spacial score (nSPS) is 16.6. The Morgan fingerprint density at radius 3 is 2.62 bits per heavy atom. The standard InChI is InChI=1S/C21H25N3O2/c22-17-9-6-16(7-10-17)8-11-18(25)12-13-21(26)24-15-3-5-20(24)19-4-1-2-14-23-19/h1-2,4,6-7,9-10,14,20H,3,5,8,11-13,15,22H2. The van der Waals surface area contributed by atoms with Crippen molar-refractivity contribution >= 4 is 17.4 Å². The van der Waals surface area contributed by atoms with Gasteiger partial charge in [-0.05, 0) is 49.1 Å². The number of carbonyl (C=O) groups is 2. The fraction of sp³-hybridized carbons (Fsp3) is 0.381. The molecule has 2 aromatic rings. The van der Waals surface area contributed by atoms with E-state index in [1.54, 1.807) is 6.20 Å². The third-order valence-electron chi connectivity index (χ3n) is 4.89. The minimum Gasteiger partial charge on any atom is -0.399 e. The van der Waals surface area contributed by atoms with E-state index in [2.05, 4.69) is 4.98 Å². The summed E-state index contributed by atoms with van der Waals surface area (Å²) < 4.78 is 0. The van der Waals surface area contributed by atoms with Crippen LogP contribution >= 0.6 is 0 Å². The maximum atomic E-state index is 12.6. The van der Waals surface area contributed by atoms with Gasteiger partial charge in [-0.3, -0.25) is 14.6 Å². The number of ketones is 1. The van der Waals surface area contributed by atoms with Gasteiger partial charge in [-0.15, -0.1) is 0 Å². The first-order valence-corrected chi connectivity index (χ1v) is 9.20. The number of rotatable bonds is 7. The van der Waals surface area contributed by atoms with Crippen molar-refractivity contribution in [1.82, 2.24) is 9.88 Å². The monoisotopic (exact) mass is 351 g/mol. The summed E-state index contributed by atoms with van der Waals surface area (Å²) in [5.74, 6) is 0.183. The van der Waals surface area contributed by atoms with Crippen molar-refractivity contribution in [3.05, 3.63) is 59.9 Å². The number of nitrogens with zero attached hydrogens (tertiary/aromatic N) is 2. The summed E-state index contributed by atoms with van der Waals surface area (Å²) in [6.07, 6.45) is 5.42. The van der Waals surface area contributed by atoms with Crippen molar-refractivity contribution in [3.8, 4) is 0 Å². The Hall–Kier alpha value is -2.69. The number of pyridine rings is 1. The van der Waals surface area contributed by atoms with Gasteiger partial charge in [-0.1, -0.05) is 18.2 Å². The summed E-state index contributed by atoms with van der Waals surface area (Å²) in [5.41, 5.74) is 8.41. The molecule has 0 radical (unpaired) electrons. The zero-order chi connectivity index (χ0) is 18.4. The predicted molar refractivity (Wildman–Crippen MR) is 101 cm³/mol. The van der Waals surface area contributed by atoms with Gasteiger partial charge < -0.3 is 10.6 Å². The minimum atomic E-state index is 0.0496. The first kappa shape index (κ1) is 18.1. The number of hydrogen-bond donors (Lipinski definition) is 1. The molecule has 26 heavy (non-hydrogen) atoms. The number of carbonyl (C=O) groups excluding carboxylic acids is 2. The summed E-state index contributed by atoms with van der Waals surface area (Å²) in [5, 5.41) is 0. The first-order chi connectivity index (χ1) is 12.6. The molecule has 1 fully saturated rings. The van der Waals surface area contributed by atoms with Crippen LogP contribution < -0.4 is 5.73 Å². The summed E-state index contributed by atoms with van der Waals surface area (Å²) in [6.45, 7) is 0.750. The number of hydrogen-bond acceptors (Lipinski definition) is 4. The Kier molecular flexibility index (Phi) is 6.00. The molecule has 1 amide bonds. The van der Waals surface area contributed by atoms with E-state index in [-0.39, 0.29) is 24.2 Å². The fourth-order valence-electron chi connectivity index (χ4n) is 3.43. The van der Waals surface area contributed by atoms with Crippen LogP contribution in [0.15, 0.2) is 48.7 Å². The van der Waals surface area contributed by atoms with Gasteiger partial charge in [0.25, 0.3) is 0 Å². The van der Waals surface area contributed by atoms with Gasteiger partial charge >= 0.3 is 0 Å². The van der Waals surface area contributed by atoms with Crippen molar-refractivity contribution in [1.29, 1.82) is 0 Å². The number of nitrogens with two attached hydrogens (primary N) is 1. The SMILES string of the molecule is Nc1ccc(CCC(=O)CCC(=O)N2CCCC2c2ccccn2)cc1. The van der Waals surface area contributed by atoms with Gasteiger partial charge in [0, 0.05) is 37.7 Å². The molecule has 2 N–H and O–H groups in total. The van der Waals surface area contributed by atoms with Crippen molar-refractivity contribution in [2.45, 2.75) is 44.6 Å². The summed E-state index contributed by atoms with van der Waals surface area (Å²) in [6, 6.07) is 13.4. The lowest BCUT2D eigenvalue weighted by Crippen LogP contribution is -2.31. The Morgan fingerprint density at radius 2 is 1.88 bits per heavy atom. The Morgan fingerprint density at radius 1 is 1.08 bits per heavy atom. The second kappa shape index (κ2) is 8.61. The van der Waals surface area contributed by atoms with Gasteiger partial charge in [-0.2, -0.15) is 0 Å². The molecule has 5 nitrogen and oxygen atoms in total. The van der Waals surface area contributed by atoms with Crippen molar-refractivity contribution in [2.24, 2.45) is 0 Å². The molecule has 1 aliphatic heterocycles. The molecule has 3 rings (SSSR count). The molecule has 1 aromatic heterocycles. The van der Waals surface area contributed by atoms with Crippen LogP contribution in [0.5, 0.6) is 0 Å². The second-order valence-electron chi connectivity index (χ2n) is 6.78. The molecule has 0 aliphatic carbocycles. The van der Waals surface area contributed by atoms with Crippen molar-refractivity contribution in [2.75, 3.05) is 12.3 Å². The molecule has 0 saturated carbocycles. The minimum absolute atomic E-state index is 0.0496. The highest BCUT2D eigenvalue weighted by molar-refractivity contribution is 5.85. The van der Waals surface area contributed by atoms with Crippen LogP contribution in [0.1, 0.15) is 49.4 Å². The van der Waals surface area contributed by atoms with E-state index in [1.165, 1.54) is 0 Å². The van der Waals surface area contributed by atoms with Gasteiger partial charge in [0.1, 0.15) is 5.78 Å². The highest BCUT2D eigenvalue weighted by Gasteiger charge is 2.30. The van der Waals surface area contributed by atoms with E-state index in [0.29, 0.717) is 19.3 Å². The van der Waals surface area contributed by atoms with Gasteiger partial charge in [0.15, 0.2) is 0 Å². The van der Waals surface area contributed by atoms with E-state index in [9.17, 15) is 9.59 Å². The van der Waals surface area contributed by atoms with Gasteiger partial charge in [0.05, 0.1) is 11.7 Å². The third kappa shape index (κ3) is 4.69. The lowest BCUT2D eigenvalue weighted by atomic mass is 10.0. The van der Waals surface area contributed by atoms with E-state index in [0.717, 1.165) is 36.3 Å². The number of anilines is 1. The number of Topliss-reactive ketones (excluding diaryl/α,β-unsaturated/α-hetero) is 1. The number of nitrogen functional groups attached to an aromatic ring is 1. The number of likely N-dealkylation sites (tertiary alicyclic amines) is 1. The smallest absolute Gasteiger partial charge is 0.223 e. The Bertz CT molecular complexity index is 744. The predicted octanol–water partition coefficient (Wildman–Crippen LogP) is 3.31. The average Bonchev–Trinajstić information content (AvgIpc) is 3.16. The number of aryl methyl sites for hydroxylation is 1. The highest BCUT2D eigenvalue weighted by Crippen LogP contribution is 2.31. The summed E-state index contributed by atoms with van der Waals surface area (Å²) in [4.78, 5) is 31.0. The van der Waals surface area contributed by atoms with Crippen LogP contribution in [0.2, 0.25) is 0 Å². The topological polar surface area (TPSA) is 76.3 Å². The molecule has 0 bridgehead atoms. The van der Waals surface area contributed by atoms with Crippen LogP contribution in [0.3, 0.4) is 0 Å². The van der Waals surface area contributed by atoms with Crippen LogP contribution in [0.4, 0.5) is 5.69 Å². The largest absolute Gasteiger partial charge is 0.399 e.